The van der Waals surface area contributed by atoms with Crippen molar-refractivity contribution in [2.45, 2.75) is 32.6 Å². The van der Waals surface area contributed by atoms with Gasteiger partial charge in [-0.2, -0.15) is 0 Å². The van der Waals surface area contributed by atoms with E-state index in [1.54, 1.807) is 35.5 Å². The smallest absolute Gasteiger partial charge is 0.260 e. The van der Waals surface area contributed by atoms with Gasteiger partial charge in [-0.05, 0) is 32.0 Å². The van der Waals surface area contributed by atoms with Crippen LogP contribution < -0.4 is 5.56 Å². The molecule has 1 saturated heterocycles. The van der Waals surface area contributed by atoms with Gasteiger partial charge in [-0.15, -0.1) is 0 Å². The number of amides is 1. The number of morpholine rings is 1. The van der Waals surface area contributed by atoms with Gasteiger partial charge in [0.25, 0.3) is 5.56 Å². The summed E-state index contributed by atoms with van der Waals surface area (Å²) in [4.78, 5) is 30.8. The number of carbonyl (C=O) groups is 1. The van der Waals surface area contributed by atoms with Gasteiger partial charge in [-0.25, -0.2) is 0 Å². The second-order valence-corrected chi connectivity index (χ2v) is 5.74. The van der Waals surface area contributed by atoms with Gasteiger partial charge in [0.05, 0.1) is 23.1 Å². The Morgan fingerprint density at radius 1 is 1.32 bits per heavy atom. The molecular formula is C16H19N3O3. The van der Waals surface area contributed by atoms with Gasteiger partial charge in [0.15, 0.2) is 0 Å². The predicted octanol–water partition coefficient (Wildman–Crippen LogP) is 1.03. The average Bonchev–Trinajstić information content (AvgIpc) is 2.49. The Labute approximate surface area is 128 Å². The van der Waals surface area contributed by atoms with Crippen molar-refractivity contribution >= 4 is 16.8 Å². The summed E-state index contributed by atoms with van der Waals surface area (Å²) in [5.41, 5.74) is 0.457. The van der Waals surface area contributed by atoms with E-state index in [4.69, 9.17) is 4.74 Å². The molecule has 0 aromatic carbocycles. The molecule has 2 atom stereocenters. The van der Waals surface area contributed by atoms with E-state index in [-0.39, 0.29) is 30.2 Å². The van der Waals surface area contributed by atoms with Crippen LogP contribution in [0.4, 0.5) is 0 Å². The molecule has 116 valence electrons. The summed E-state index contributed by atoms with van der Waals surface area (Å²) in [5.74, 6) is -0.0626. The van der Waals surface area contributed by atoms with Gasteiger partial charge < -0.3 is 14.2 Å². The molecular weight excluding hydrogens is 282 g/mol. The van der Waals surface area contributed by atoms with E-state index in [1.165, 1.54) is 4.57 Å². The van der Waals surface area contributed by atoms with Crippen LogP contribution in [-0.4, -0.2) is 45.7 Å². The van der Waals surface area contributed by atoms with Crippen LogP contribution in [-0.2, 0) is 16.1 Å². The molecule has 1 aliphatic rings. The van der Waals surface area contributed by atoms with Crippen molar-refractivity contribution in [1.82, 2.24) is 14.5 Å². The summed E-state index contributed by atoms with van der Waals surface area (Å²) in [6.07, 6.45) is 3.31. The third kappa shape index (κ3) is 2.87. The van der Waals surface area contributed by atoms with Gasteiger partial charge in [0, 0.05) is 25.5 Å². The summed E-state index contributed by atoms with van der Waals surface area (Å²) < 4.78 is 7.07. The van der Waals surface area contributed by atoms with Crippen LogP contribution in [0.15, 0.2) is 35.4 Å². The first-order valence-electron chi connectivity index (χ1n) is 7.42. The van der Waals surface area contributed by atoms with E-state index in [0.717, 1.165) is 0 Å². The minimum Gasteiger partial charge on any atom is -0.372 e. The number of fused-ring (bicyclic) bond motifs is 1. The maximum absolute atomic E-state index is 12.4. The molecule has 6 heteroatoms. The van der Waals surface area contributed by atoms with E-state index in [9.17, 15) is 9.59 Å². The van der Waals surface area contributed by atoms with Crippen molar-refractivity contribution < 1.29 is 9.53 Å². The normalized spacial score (nSPS) is 22.0. The van der Waals surface area contributed by atoms with E-state index in [0.29, 0.717) is 24.0 Å². The molecule has 0 aliphatic carbocycles. The van der Waals surface area contributed by atoms with Crippen molar-refractivity contribution in [3.05, 3.63) is 40.9 Å². The van der Waals surface area contributed by atoms with Crippen molar-refractivity contribution in [3.8, 4) is 0 Å². The highest BCUT2D eigenvalue weighted by Gasteiger charge is 2.26. The first kappa shape index (κ1) is 14.7. The van der Waals surface area contributed by atoms with E-state index in [1.807, 2.05) is 13.8 Å². The Morgan fingerprint density at radius 3 is 2.77 bits per heavy atom. The third-order valence-corrected chi connectivity index (χ3v) is 3.82. The highest BCUT2D eigenvalue weighted by atomic mass is 16.5. The van der Waals surface area contributed by atoms with Crippen LogP contribution in [0.1, 0.15) is 13.8 Å². The lowest BCUT2D eigenvalue weighted by atomic mass is 10.2. The Bertz CT molecular complexity index is 746. The molecule has 1 amide bonds. The van der Waals surface area contributed by atoms with Crippen molar-refractivity contribution in [2.24, 2.45) is 0 Å². The Hall–Kier alpha value is -2.21. The fraction of sp³-hybridized carbons (Fsp3) is 0.438. The fourth-order valence-electron chi connectivity index (χ4n) is 2.87. The van der Waals surface area contributed by atoms with Crippen LogP contribution in [0.5, 0.6) is 0 Å². The number of hydrogen-bond acceptors (Lipinski definition) is 4. The number of pyridine rings is 2. The zero-order chi connectivity index (χ0) is 15.7. The number of aromatic nitrogens is 2. The van der Waals surface area contributed by atoms with Crippen molar-refractivity contribution in [1.29, 1.82) is 0 Å². The van der Waals surface area contributed by atoms with Crippen molar-refractivity contribution in [2.75, 3.05) is 13.1 Å². The Morgan fingerprint density at radius 2 is 2.05 bits per heavy atom. The highest BCUT2D eigenvalue weighted by molar-refractivity contribution is 5.79. The zero-order valence-electron chi connectivity index (χ0n) is 12.7. The summed E-state index contributed by atoms with van der Waals surface area (Å²) in [5, 5.41) is 0.529. The van der Waals surface area contributed by atoms with Crippen molar-refractivity contribution in [3.63, 3.8) is 0 Å². The molecule has 3 rings (SSSR count). The van der Waals surface area contributed by atoms with Gasteiger partial charge >= 0.3 is 0 Å². The molecule has 22 heavy (non-hydrogen) atoms. The van der Waals surface area contributed by atoms with E-state index >= 15 is 0 Å². The standard InChI is InChI=1S/C16H19N3O3/c1-11-8-19(9-12(2)22-11)15(20)10-18-7-5-14-13(16(18)21)4-3-6-17-14/h3-7,11-12H,8-10H2,1-2H3/t11-,12+. The van der Waals surface area contributed by atoms with E-state index in [2.05, 4.69) is 4.98 Å². The van der Waals surface area contributed by atoms with Gasteiger partial charge in [0.2, 0.25) is 5.91 Å². The Kier molecular flexibility index (Phi) is 3.94. The second-order valence-electron chi connectivity index (χ2n) is 5.74. The molecule has 0 spiro atoms. The number of ether oxygens (including phenoxy) is 1. The predicted molar refractivity (Wildman–Crippen MR) is 82.6 cm³/mol. The lowest BCUT2D eigenvalue weighted by Gasteiger charge is -2.35. The average molecular weight is 301 g/mol. The highest BCUT2D eigenvalue weighted by Crippen LogP contribution is 2.11. The maximum atomic E-state index is 12.4. The number of nitrogens with zero attached hydrogens (tertiary/aromatic N) is 3. The Balaban J connectivity index is 1.82. The summed E-state index contributed by atoms with van der Waals surface area (Å²) in [6.45, 7) is 5.07. The first-order chi connectivity index (χ1) is 10.5. The van der Waals surface area contributed by atoms with E-state index < -0.39 is 0 Å². The fourth-order valence-corrected chi connectivity index (χ4v) is 2.87. The second kappa shape index (κ2) is 5.88. The number of carbonyl (C=O) groups excluding carboxylic acids is 1. The molecule has 0 unspecified atom stereocenters. The molecule has 2 aromatic rings. The monoisotopic (exact) mass is 301 g/mol. The molecule has 1 fully saturated rings. The van der Waals surface area contributed by atoms with Crippen LogP contribution in [0.25, 0.3) is 10.9 Å². The molecule has 3 heterocycles. The SMILES string of the molecule is C[C@@H]1CN(C(=O)Cn2ccc3ncccc3c2=O)C[C@H](C)O1. The number of rotatable bonds is 2. The largest absolute Gasteiger partial charge is 0.372 e. The first-order valence-corrected chi connectivity index (χ1v) is 7.42. The molecule has 2 aromatic heterocycles. The topological polar surface area (TPSA) is 64.4 Å². The minimum absolute atomic E-state index is 0.0187. The maximum Gasteiger partial charge on any atom is 0.260 e. The zero-order valence-corrected chi connectivity index (χ0v) is 12.7. The van der Waals surface area contributed by atoms with Gasteiger partial charge in [-0.1, -0.05) is 0 Å². The molecule has 0 radical (unpaired) electrons. The lowest BCUT2D eigenvalue weighted by Crippen LogP contribution is -2.49. The van der Waals surface area contributed by atoms with Crippen LogP contribution in [0.3, 0.4) is 0 Å². The van der Waals surface area contributed by atoms with Gasteiger partial charge in [-0.3, -0.25) is 14.6 Å². The minimum atomic E-state index is -0.187. The van der Waals surface area contributed by atoms with Crippen LogP contribution >= 0.6 is 0 Å². The molecule has 0 saturated carbocycles. The summed E-state index contributed by atoms with van der Waals surface area (Å²) in [6, 6.07) is 5.21. The summed E-state index contributed by atoms with van der Waals surface area (Å²) in [7, 11) is 0. The summed E-state index contributed by atoms with van der Waals surface area (Å²) >= 11 is 0. The number of hydrogen-bond donors (Lipinski definition) is 0. The molecule has 6 nitrogen and oxygen atoms in total. The third-order valence-electron chi connectivity index (χ3n) is 3.82. The lowest BCUT2D eigenvalue weighted by molar-refractivity contribution is -0.143. The van der Waals surface area contributed by atoms with Crippen LogP contribution in [0.2, 0.25) is 0 Å². The van der Waals surface area contributed by atoms with Gasteiger partial charge in [0.1, 0.15) is 6.54 Å². The molecule has 0 bridgehead atoms. The molecule has 0 N–H and O–H groups in total. The quantitative estimate of drug-likeness (QED) is 0.831. The molecule has 1 aliphatic heterocycles. The van der Waals surface area contributed by atoms with Crippen LogP contribution in [0, 0.1) is 0 Å².